The number of rotatable bonds is 1. The van der Waals surface area contributed by atoms with Crippen LogP contribution in [0.2, 0.25) is 5.02 Å². The van der Waals surface area contributed by atoms with Gasteiger partial charge in [-0.15, -0.1) is 11.3 Å². The van der Waals surface area contributed by atoms with E-state index in [4.69, 9.17) is 22.0 Å². The minimum absolute atomic E-state index is 0.122. The number of thiophene rings is 1. The molecule has 0 bridgehead atoms. The molecule has 0 saturated heterocycles. The lowest BCUT2D eigenvalue weighted by Gasteiger charge is -1.94. The summed E-state index contributed by atoms with van der Waals surface area (Å²) in [4.78, 5) is 0.538. The van der Waals surface area contributed by atoms with E-state index in [1.165, 1.54) is 11.3 Å². The first-order valence-corrected chi connectivity index (χ1v) is 5.18. The molecule has 2 rings (SSSR count). The predicted octanol–water partition coefficient (Wildman–Crippen LogP) is 2.92. The summed E-state index contributed by atoms with van der Waals surface area (Å²) in [5.41, 5.74) is 0.676. The van der Waals surface area contributed by atoms with E-state index < -0.39 is 0 Å². The molecule has 1 N–H and O–H groups in total. The van der Waals surface area contributed by atoms with E-state index in [1.54, 1.807) is 6.07 Å². The van der Waals surface area contributed by atoms with Gasteiger partial charge in [-0.3, -0.25) is 0 Å². The Bertz CT molecular complexity index is 527. The zero-order valence-corrected chi connectivity index (χ0v) is 8.69. The number of nitriles is 1. The standard InChI is InChI=1S/C10H6ClNOS/c11-8-3-1-2-6-7(5-13)9(4-12)14-10(6)8/h1-3,13H,5H2. The van der Waals surface area contributed by atoms with Crippen molar-refractivity contribution in [1.82, 2.24) is 0 Å². The van der Waals surface area contributed by atoms with Gasteiger partial charge in [-0.1, -0.05) is 23.7 Å². The van der Waals surface area contributed by atoms with Gasteiger partial charge in [0.15, 0.2) is 0 Å². The highest BCUT2D eigenvalue weighted by atomic mass is 35.5. The van der Waals surface area contributed by atoms with Crippen LogP contribution in [0.4, 0.5) is 0 Å². The van der Waals surface area contributed by atoms with Crippen molar-refractivity contribution in [3.63, 3.8) is 0 Å². The van der Waals surface area contributed by atoms with Gasteiger partial charge in [-0.2, -0.15) is 5.26 Å². The quantitative estimate of drug-likeness (QED) is 0.808. The lowest BCUT2D eigenvalue weighted by atomic mass is 10.1. The average molecular weight is 224 g/mol. The van der Waals surface area contributed by atoms with Gasteiger partial charge in [0.05, 0.1) is 16.3 Å². The summed E-state index contributed by atoms with van der Waals surface area (Å²) in [5, 5.41) is 19.5. The molecule has 2 nitrogen and oxygen atoms in total. The topological polar surface area (TPSA) is 44.0 Å². The molecule has 14 heavy (non-hydrogen) atoms. The summed E-state index contributed by atoms with van der Waals surface area (Å²) >= 11 is 7.30. The highest BCUT2D eigenvalue weighted by molar-refractivity contribution is 7.20. The Morgan fingerprint density at radius 2 is 2.29 bits per heavy atom. The minimum Gasteiger partial charge on any atom is -0.392 e. The van der Waals surface area contributed by atoms with Crippen molar-refractivity contribution in [1.29, 1.82) is 5.26 Å². The first-order chi connectivity index (χ1) is 6.77. The molecule has 1 aromatic heterocycles. The monoisotopic (exact) mass is 223 g/mol. The molecule has 0 spiro atoms. The number of hydrogen-bond donors (Lipinski definition) is 1. The lowest BCUT2D eigenvalue weighted by molar-refractivity contribution is 0.283. The second-order valence-electron chi connectivity index (χ2n) is 2.80. The summed E-state index contributed by atoms with van der Waals surface area (Å²) < 4.78 is 0.870. The van der Waals surface area contributed by atoms with Crippen LogP contribution in [0.1, 0.15) is 10.4 Å². The van der Waals surface area contributed by atoms with E-state index >= 15 is 0 Å². The predicted molar refractivity (Wildman–Crippen MR) is 57.5 cm³/mol. The highest BCUT2D eigenvalue weighted by Gasteiger charge is 2.12. The lowest BCUT2D eigenvalue weighted by Crippen LogP contribution is -1.82. The Hall–Kier alpha value is -1.08. The maximum Gasteiger partial charge on any atom is 0.111 e. The molecule has 0 atom stereocenters. The number of nitrogens with zero attached hydrogens (tertiary/aromatic N) is 1. The number of aliphatic hydroxyl groups is 1. The van der Waals surface area contributed by atoms with E-state index in [-0.39, 0.29) is 6.61 Å². The van der Waals surface area contributed by atoms with E-state index in [2.05, 4.69) is 6.07 Å². The van der Waals surface area contributed by atoms with Gasteiger partial charge >= 0.3 is 0 Å². The molecular formula is C10H6ClNOS. The maximum absolute atomic E-state index is 9.14. The fourth-order valence-corrected chi connectivity index (χ4v) is 2.69. The third-order valence-electron chi connectivity index (χ3n) is 2.03. The Morgan fingerprint density at radius 3 is 2.93 bits per heavy atom. The minimum atomic E-state index is -0.122. The molecule has 2 aromatic rings. The van der Waals surface area contributed by atoms with E-state index in [9.17, 15) is 0 Å². The zero-order chi connectivity index (χ0) is 10.1. The SMILES string of the molecule is N#Cc1sc2c(Cl)cccc2c1CO. The van der Waals surface area contributed by atoms with Gasteiger partial charge in [-0.05, 0) is 6.07 Å². The van der Waals surface area contributed by atoms with Crippen molar-refractivity contribution in [3.05, 3.63) is 33.7 Å². The first kappa shape index (κ1) is 9.47. The van der Waals surface area contributed by atoms with Crippen LogP contribution >= 0.6 is 22.9 Å². The van der Waals surface area contributed by atoms with Crippen molar-refractivity contribution in [2.24, 2.45) is 0 Å². The molecule has 0 unspecified atom stereocenters. The van der Waals surface area contributed by atoms with Gasteiger partial charge < -0.3 is 5.11 Å². The van der Waals surface area contributed by atoms with Crippen LogP contribution in [0.25, 0.3) is 10.1 Å². The fraction of sp³-hybridized carbons (Fsp3) is 0.100. The smallest absolute Gasteiger partial charge is 0.111 e. The number of aliphatic hydroxyl groups excluding tert-OH is 1. The fourth-order valence-electron chi connectivity index (χ4n) is 1.38. The molecule has 0 fully saturated rings. The van der Waals surface area contributed by atoms with Crippen LogP contribution in [0.5, 0.6) is 0 Å². The zero-order valence-electron chi connectivity index (χ0n) is 7.12. The second kappa shape index (κ2) is 3.58. The third kappa shape index (κ3) is 1.28. The number of halogens is 1. The molecule has 0 aliphatic rings. The van der Waals surface area contributed by atoms with Crippen molar-refractivity contribution >= 4 is 33.0 Å². The summed E-state index contributed by atoms with van der Waals surface area (Å²) in [7, 11) is 0. The maximum atomic E-state index is 9.14. The van der Waals surface area contributed by atoms with E-state index in [0.29, 0.717) is 15.5 Å². The van der Waals surface area contributed by atoms with Crippen LogP contribution in [-0.4, -0.2) is 5.11 Å². The summed E-state index contributed by atoms with van der Waals surface area (Å²) in [6.07, 6.45) is 0. The normalized spacial score (nSPS) is 10.4. The van der Waals surface area contributed by atoms with E-state index in [1.807, 2.05) is 12.1 Å². The van der Waals surface area contributed by atoms with Gasteiger partial charge in [0.2, 0.25) is 0 Å². The van der Waals surface area contributed by atoms with Crippen LogP contribution in [0.3, 0.4) is 0 Å². The summed E-state index contributed by atoms with van der Waals surface area (Å²) in [6, 6.07) is 7.53. The van der Waals surface area contributed by atoms with Crippen LogP contribution < -0.4 is 0 Å². The largest absolute Gasteiger partial charge is 0.392 e. The van der Waals surface area contributed by atoms with Crippen molar-refractivity contribution in [2.75, 3.05) is 0 Å². The van der Waals surface area contributed by atoms with Crippen LogP contribution in [-0.2, 0) is 6.61 Å². The molecule has 1 heterocycles. The number of fused-ring (bicyclic) bond motifs is 1. The molecule has 0 saturated carbocycles. The first-order valence-electron chi connectivity index (χ1n) is 3.98. The summed E-state index contributed by atoms with van der Waals surface area (Å²) in [5.74, 6) is 0. The number of benzene rings is 1. The second-order valence-corrected chi connectivity index (χ2v) is 4.22. The van der Waals surface area contributed by atoms with Gasteiger partial charge in [0.25, 0.3) is 0 Å². The highest BCUT2D eigenvalue weighted by Crippen LogP contribution is 2.35. The van der Waals surface area contributed by atoms with Crippen molar-refractivity contribution in [2.45, 2.75) is 6.61 Å². The van der Waals surface area contributed by atoms with Crippen molar-refractivity contribution < 1.29 is 5.11 Å². The Balaban J connectivity index is 2.88. The Kier molecular flexibility index (Phi) is 2.42. The van der Waals surface area contributed by atoms with Gasteiger partial charge in [-0.25, -0.2) is 0 Å². The molecule has 70 valence electrons. The molecule has 4 heteroatoms. The Morgan fingerprint density at radius 1 is 1.50 bits per heavy atom. The van der Waals surface area contributed by atoms with Crippen LogP contribution in [0, 0.1) is 11.3 Å². The molecule has 0 radical (unpaired) electrons. The van der Waals surface area contributed by atoms with Gasteiger partial charge in [0, 0.05) is 10.9 Å². The van der Waals surface area contributed by atoms with Crippen molar-refractivity contribution in [3.8, 4) is 6.07 Å². The van der Waals surface area contributed by atoms with Crippen LogP contribution in [0.15, 0.2) is 18.2 Å². The molecule has 0 amide bonds. The molecule has 0 aliphatic heterocycles. The summed E-state index contributed by atoms with van der Waals surface area (Å²) in [6.45, 7) is -0.122. The number of hydrogen-bond acceptors (Lipinski definition) is 3. The Labute approximate surface area is 90.0 Å². The third-order valence-corrected chi connectivity index (χ3v) is 3.64. The molecular weight excluding hydrogens is 218 g/mol. The van der Waals surface area contributed by atoms with E-state index in [0.717, 1.165) is 10.1 Å². The van der Waals surface area contributed by atoms with Gasteiger partial charge in [0.1, 0.15) is 10.9 Å². The molecule has 1 aromatic carbocycles. The average Bonchev–Trinajstić information content (AvgIpc) is 2.57. The molecule has 0 aliphatic carbocycles.